The van der Waals surface area contributed by atoms with Gasteiger partial charge in [-0.3, -0.25) is 4.90 Å². The fraction of sp³-hybridized carbons (Fsp3) is 0.917. The lowest BCUT2D eigenvalue weighted by molar-refractivity contribution is 0.00196. The first-order valence-corrected chi connectivity index (χ1v) is 6.81. The Bertz CT molecular complexity index is 376. The quantitative estimate of drug-likeness (QED) is 0.742. The molecule has 19 heavy (non-hydrogen) atoms. The molecule has 0 unspecified atom stereocenters. The second-order valence-corrected chi connectivity index (χ2v) is 5.09. The fourth-order valence-corrected chi connectivity index (χ4v) is 2.50. The highest BCUT2D eigenvalue weighted by molar-refractivity contribution is 4.96. The molecule has 0 amide bonds. The number of ether oxygens (including phenoxy) is 2. The first-order chi connectivity index (χ1) is 9.24. The van der Waals surface area contributed by atoms with Crippen LogP contribution in [0.15, 0.2) is 0 Å². The Morgan fingerprint density at radius 2 is 2.05 bits per heavy atom. The van der Waals surface area contributed by atoms with Gasteiger partial charge < -0.3 is 9.47 Å². The molecule has 1 atom stereocenters. The molecule has 108 valence electrons. The maximum Gasteiger partial charge on any atom is 0.168 e. The van der Waals surface area contributed by atoms with Crippen LogP contribution in [0, 0.1) is 5.92 Å². The van der Waals surface area contributed by atoms with Gasteiger partial charge in [0.05, 0.1) is 32.4 Å². The minimum absolute atomic E-state index is 0.232. The van der Waals surface area contributed by atoms with Gasteiger partial charge in [0, 0.05) is 20.2 Å². The van der Waals surface area contributed by atoms with E-state index in [1.165, 1.54) is 0 Å². The first kappa shape index (κ1) is 14.4. The van der Waals surface area contributed by atoms with Crippen LogP contribution in [0.5, 0.6) is 0 Å². The lowest BCUT2D eigenvalue weighted by atomic mass is 10.0. The summed E-state index contributed by atoms with van der Waals surface area (Å²) in [5.74, 6) is 1.37. The Kier molecular flexibility index (Phi) is 5.24. The van der Waals surface area contributed by atoms with Crippen molar-refractivity contribution in [3.05, 3.63) is 5.82 Å². The summed E-state index contributed by atoms with van der Waals surface area (Å²) in [5, 5.41) is 12.1. The molecule has 0 aromatic carbocycles. The number of methoxy groups -OCH3 is 1. The molecule has 0 N–H and O–H groups in total. The molecule has 0 spiro atoms. The Balaban J connectivity index is 2.16. The van der Waals surface area contributed by atoms with E-state index in [1.807, 2.05) is 4.68 Å². The van der Waals surface area contributed by atoms with Crippen molar-refractivity contribution in [2.45, 2.75) is 26.4 Å². The van der Waals surface area contributed by atoms with Crippen molar-refractivity contribution in [1.29, 1.82) is 0 Å². The molecule has 1 aromatic rings. The van der Waals surface area contributed by atoms with E-state index < -0.39 is 0 Å². The molecule has 0 radical (unpaired) electrons. The average Bonchev–Trinajstić information content (AvgIpc) is 2.85. The number of hydrogen-bond donors (Lipinski definition) is 0. The van der Waals surface area contributed by atoms with Gasteiger partial charge in [-0.05, 0) is 16.3 Å². The van der Waals surface area contributed by atoms with Crippen LogP contribution in [0.3, 0.4) is 0 Å². The minimum Gasteiger partial charge on any atom is -0.383 e. The van der Waals surface area contributed by atoms with Gasteiger partial charge in [0.15, 0.2) is 5.82 Å². The van der Waals surface area contributed by atoms with E-state index >= 15 is 0 Å². The summed E-state index contributed by atoms with van der Waals surface area (Å²) >= 11 is 0. The summed E-state index contributed by atoms with van der Waals surface area (Å²) in [4.78, 5) is 2.41. The van der Waals surface area contributed by atoms with Crippen molar-refractivity contribution >= 4 is 0 Å². The van der Waals surface area contributed by atoms with Crippen LogP contribution in [0.1, 0.15) is 25.7 Å². The van der Waals surface area contributed by atoms with Crippen LogP contribution in [0.25, 0.3) is 0 Å². The second-order valence-electron chi connectivity index (χ2n) is 5.09. The van der Waals surface area contributed by atoms with Gasteiger partial charge in [0.1, 0.15) is 0 Å². The van der Waals surface area contributed by atoms with Gasteiger partial charge in [-0.25, -0.2) is 4.68 Å². The molecule has 1 aromatic heterocycles. The van der Waals surface area contributed by atoms with Gasteiger partial charge in [0.2, 0.25) is 0 Å². The highest BCUT2D eigenvalue weighted by atomic mass is 16.5. The summed E-state index contributed by atoms with van der Waals surface area (Å²) in [6.07, 6.45) is 0. The Hall–Kier alpha value is -1.05. The van der Waals surface area contributed by atoms with E-state index in [1.54, 1.807) is 7.11 Å². The molecule has 1 aliphatic heterocycles. The van der Waals surface area contributed by atoms with Crippen molar-refractivity contribution in [2.24, 2.45) is 5.92 Å². The molecule has 0 bridgehead atoms. The lowest BCUT2D eigenvalue weighted by Crippen LogP contribution is -2.42. The van der Waals surface area contributed by atoms with E-state index in [0.29, 0.717) is 19.1 Å². The van der Waals surface area contributed by atoms with Crippen LogP contribution < -0.4 is 0 Å². The van der Waals surface area contributed by atoms with Gasteiger partial charge in [-0.2, -0.15) is 0 Å². The third kappa shape index (κ3) is 3.49. The summed E-state index contributed by atoms with van der Waals surface area (Å²) < 4.78 is 12.4. The third-order valence-corrected chi connectivity index (χ3v) is 3.40. The fourth-order valence-electron chi connectivity index (χ4n) is 2.50. The van der Waals surface area contributed by atoms with Gasteiger partial charge >= 0.3 is 0 Å². The van der Waals surface area contributed by atoms with Crippen molar-refractivity contribution in [2.75, 3.05) is 40.0 Å². The highest BCUT2D eigenvalue weighted by Gasteiger charge is 2.29. The Morgan fingerprint density at radius 1 is 1.32 bits per heavy atom. The monoisotopic (exact) mass is 269 g/mol. The van der Waals surface area contributed by atoms with E-state index in [9.17, 15) is 0 Å². The predicted octanol–water partition coefficient (Wildman–Crippen LogP) is 0.349. The second kappa shape index (κ2) is 6.93. The average molecular weight is 269 g/mol. The van der Waals surface area contributed by atoms with E-state index in [4.69, 9.17) is 9.47 Å². The zero-order chi connectivity index (χ0) is 13.7. The van der Waals surface area contributed by atoms with Crippen LogP contribution in [0.4, 0.5) is 0 Å². The number of hydrogen-bond acceptors (Lipinski definition) is 6. The van der Waals surface area contributed by atoms with Crippen LogP contribution in [-0.2, 0) is 16.0 Å². The standard InChI is InChI=1S/C12H23N5O2/c1-10(2)11(16-4-8-19-9-5-16)12-13-14-15-17(12)6-7-18-3/h10-11H,4-9H2,1-3H3/t11-/m0/s1. The molecule has 7 nitrogen and oxygen atoms in total. The van der Waals surface area contributed by atoms with Crippen LogP contribution in [0.2, 0.25) is 0 Å². The lowest BCUT2D eigenvalue weighted by Gasteiger charge is -2.35. The summed E-state index contributed by atoms with van der Waals surface area (Å²) in [6.45, 7) is 9.13. The molecule has 7 heteroatoms. The largest absolute Gasteiger partial charge is 0.383 e. The molecule has 0 saturated carbocycles. The van der Waals surface area contributed by atoms with Crippen molar-refractivity contribution in [3.63, 3.8) is 0 Å². The van der Waals surface area contributed by atoms with Crippen LogP contribution in [-0.4, -0.2) is 65.1 Å². The highest BCUT2D eigenvalue weighted by Crippen LogP contribution is 2.27. The zero-order valence-corrected chi connectivity index (χ0v) is 11.9. The Morgan fingerprint density at radius 3 is 2.68 bits per heavy atom. The predicted molar refractivity (Wildman–Crippen MR) is 69.7 cm³/mol. The van der Waals surface area contributed by atoms with E-state index in [2.05, 4.69) is 34.3 Å². The smallest absolute Gasteiger partial charge is 0.168 e. The molecule has 1 saturated heterocycles. The molecular weight excluding hydrogens is 246 g/mol. The normalized spacial score (nSPS) is 18.9. The number of tetrazole rings is 1. The van der Waals surface area contributed by atoms with Gasteiger partial charge in [0.25, 0.3) is 0 Å². The molecule has 1 aliphatic rings. The molecular formula is C12H23N5O2. The maximum atomic E-state index is 5.42. The number of rotatable bonds is 6. The third-order valence-electron chi connectivity index (χ3n) is 3.40. The maximum absolute atomic E-state index is 5.42. The van der Waals surface area contributed by atoms with Crippen molar-refractivity contribution in [3.8, 4) is 0 Å². The first-order valence-electron chi connectivity index (χ1n) is 6.81. The topological polar surface area (TPSA) is 65.3 Å². The summed E-state index contributed by atoms with van der Waals surface area (Å²) in [6, 6.07) is 0.232. The number of morpholine rings is 1. The van der Waals surface area contributed by atoms with Gasteiger partial charge in [-0.1, -0.05) is 13.8 Å². The summed E-state index contributed by atoms with van der Waals surface area (Å²) in [5.41, 5.74) is 0. The number of aromatic nitrogens is 4. The van der Waals surface area contributed by atoms with E-state index in [0.717, 1.165) is 32.1 Å². The van der Waals surface area contributed by atoms with Crippen molar-refractivity contribution < 1.29 is 9.47 Å². The van der Waals surface area contributed by atoms with E-state index in [-0.39, 0.29) is 6.04 Å². The summed E-state index contributed by atoms with van der Waals surface area (Å²) in [7, 11) is 1.69. The minimum atomic E-state index is 0.232. The molecule has 0 aliphatic carbocycles. The molecule has 2 heterocycles. The molecule has 2 rings (SSSR count). The zero-order valence-electron chi connectivity index (χ0n) is 11.9. The van der Waals surface area contributed by atoms with Gasteiger partial charge in [-0.15, -0.1) is 5.10 Å². The number of nitrogens with zero attached hydrogens (tertiary/aromatic N) is 5. The van der Waals surface area contributed by atoms with Crippen LogP contribution >= 0.6 is 0 Å². The SMILES string of the molecule is COCCn1nnnc1[C@H](C(C)C)N1CCOCC1. The molecule has 1 fully saturated rings. The Labute approximate surface area is 113 Å². The van der Waals surface area contributed by atoms with Crippen molar-refractivity contribution in [1.82, 2.24) is 25.1 Å².